The van der Waals surface area contributed by atoms with E-state index in [0.717, 1.165) is 6.07 Å². The van der Waals surface area contributed by atoms with Gasteiger partial charge < -0.3 is 0 Å². The van der Waals surface area contributed by atoms with Crippen LogP contribution in [0.4, 0.5) is 13.2 Å². The van der Waals surface area contributed by atoms with E-state index in [0.29, 0.717) is 12.0 Å². The number of benzene rings is 1. The van der Waals surface area contributed by atoms with Gasteiger partial charge in [0, 0.05) is 12.0 Å². The van der Waals surface area contributed by atoms with Gasteiger partial charge in [0.2, 0.25) is 0 Å². The molecule has 0 saturated carbocycles. The van der Waals surface area contributed by atoms with Gasteiger partial charge in [-0.25, -0.2) is 0 Å². The second-order valence-corrected chi connectivity index (χ2v) is 3.50. The second-order valence-electron chi connectivity index (χ2n) is 3.50. The lowest BCUT2D eigenvalue weighted by molar-refractivity contribution is -0.138. The number of carbonyl (C=O) groups excluding carboxylic acids is 1. The van der Waals surface area contributed by atoms with E-state index in [4.69, 9.17) is 0 Å². The molecule has 0 heterocycles. The summed E-state index contributed by atoms with van der Waals surface area (Å²) in [6.07, 6.45) is -3.78. The molecule has 0 N–H and O–H groups in total. The van der Waals surface area contributed by atoms with Crippen LogP contribution in [0, 0.1) is 0 Å². The molecule has 1 aromatic carbocycles. The van der Waals surface area contributed by atoms with Crippen LogP contribution in [-0.4, -0.2) is 5.78 Å². The highest BCUT2D eigenvalue weighted by molar-refractivity contribution is 5.96. The lowest BCUT2D eigenvalue weighted by atomic mass is 9.99. The molecule has 88 valence electrons. The summed E-state index contributed by atoms with van der Waals surface area (Å²) in [6, 6.07) is 3.57. The minimum Gasteiger partial charge on any atom is -0.294 e. The zero-order valence-electron chi connectivity index (χ0n) is 9.19. The van der Waals surface area contributed by atoms with E-state index in [-0.39, 0.29) is 17.8 Å². The van der Waals surface area contributed by atoms with Crippen molar-refractivity contribution in [3.63, 3.8) is 0 Å². The number of aryl methyl sites for hydroxylation is 1. The molecule has 0 amide bonds. The normalized spacial score (nSPS) is 11.6. The summed E-state index contributed by atoms with van der Waals surface area (Å²) in [4.78, 5) is 11.4. The van der Waals surface area contributed by atoms with Gasteiger partial charge in [-0.05, 0) is 24.1 Å². The minimum atomic E-state index is -4.35. The number of carbonyl (C=O) groups is 1. The third-order valence-corrected chi connectivity index (χ3v) is 2.43. The van der Waals surface area contributed by atoms with Gasteiger partial charge in [0.1, 0.15) is 0 Å². The van der Waals surface area contributed by atoms with Crippen molar-refractivity contribution in [1.29, 1.82) is 0 Å². The van der Waals surface area contributed by atoms with Crippen molar-refractivity contribution in [2.75, 3.05) is 0 Å². The molecule has 1 aromatic rings. The van der Waals surface area contributed by atoms with Crippen molar-refractivity contribution in [2.24, 2.45) is 0 Å². The van der Waals surface area contributed by atoms with Crippen LogP contribution in [0.15, 0.2) is 18.2 Å². The molecule has 4 heteroatoms. The summed E-state index contributed by atoms with van der Waals surface area (Å²) in [7, 11) is 0. The molecule has 0 bridgehead atoms. The lowest BCUT2D eigenvalue weighted by Gasteiger charge is -2.12. The van der Waals surface area contributed by atoms with E-state index in [9.17, 15) is 18.0 Å². The Labute approximate surface area is 92.3 Å². The van der Waals surface area contributed by atoms with Crippen LogP contribution in [0.3, 0.4) is 0 Å². The summed E-state index contributed by atoms with van der Waals surface area (Å²) < 4.78 is 37.7. The number of rotatable bonds is 3. The summed E-state index contributed by atoms with van der Waals surface area (Å²) in [5, 5.41) is 0. The topological polar surface area (TPSA) is 17.1 Å². The Hall–Kier alpha value is -1.32. The lowest BCUT2D eigenvalue weighted by Crippen LogP contribution is -2.10. The Balaban J connectivity index is 3.22. The highest BCUT2D eigenvalue weighted by atomic mass is 19.4. The monoisotopic (exact) mass is 230 g/mol. The van der Waals surface area contributed by atoms with Gasteiger partial charge in [-0.1, -0.05) is 19.9 Å². The summed E-state index contributed by atoms with van der Waals surface area (Å²) in [5.74, 6) is -0.136. The molecule has 0 unspecified atom stereocenters. The molecular formula is C12H13F3O. The summed E-state index contributed by atoms with van der Waals surface area (Å²) >= 11 is 0. The SMILES string of the molecule is CCC(=O)c1ccc(C(F)(F)F)c(CC)c1. The largest absolute Gasteiger partial charge is 0.416 e. The van der Waals surface area contributed by atoms with Crippen molar-refractivity contribution in [3.05, 3.63) is 34.9 Å². The van der Waals surface area contributed by atoms with Crippen molar-refractivity contribution < 1.29 is 18.0 Å². The zero-order chi connectivity index (χ0) is 12.3. The molecule has 1 rings (SSSR count). The van der Waals surface area contributed by atoms with Gasteiger partial charge in [-0.3, -0.25) is 4.79 Å². The summed E-state index contributed by atoms with van der Waals surface area (Å²) in [5.41, 5.74) is -0.123. The Kier molecular flexibility index (Phi) is 3.73. The van der Waals surface area contributed by atoms with Crippen LogP contribution < -0.4 is 0 Å². The fourth-order valence-electron chi connectivity index (χ4n) is 1.54. The first kappa shape index (κ1) is 12.7. The highest BCUT2D eigenvalue weighted by Gasteiger charge is 2.32. The van der Waals surface area contributed by atoms with Crippen LogP contribution in [0.1, 0.15) is 41.8 Å². The number of ketones is 1. The smallest absolute Gasteiger partial charge is 0.294 e. The van der Waals surface area contributed by atoms with E-state index < -0.39 is 11.7 Å². The molecule has 1 nitrogen and oxygen atoms in total. The van der Waals surface area contributed by atoms with Crippen molar-refractivity contribution in [1.82, 2.24) is 0 Å². The molecule has 0 aliphatic heterocycles. The van der Waals surface area contributed by atoms with Gasteiger partial charge in [0.25, 0.3) is 0 Å². The first-order chi connectivity index (χ1) is 7.40. The van der Waals surface area contributed by atoms with Crippen molar-refractivity contribution in [3.8, 4) is 0 Å². The maximum absolute atomic E-state index is 12.6. The van der Waals surface area contributed by atoms with Gasteiger partial charge in [-0.2, -0.15) is 13.2 Å². The van der Waals surface area contributed by atoms with Crippen molar-refractivity contribution >= 4 is 5.78 Å². The maximum atomic E-state index is 12.6. The molecule has 0 fully saturated rings. The minimum absolute atomic E-state index is 0.136. The first-order valence-corrected chi connectivity index (χ1v) is 5.13. The number of Topliss-reactive ketones (excluding diaryl/α,β-unsaturated/α-hetero) is 1. The molecule has 0 aromatic heterocycles. The quantitative estimate of drug-likeness (QED) is 0.720. The van der Waals surface area contributed by atoms with E-state index in [1.807, 2.05) is 0 Å². The standard InChI is InChI=1S/C12H13F3O/c1-3-8-7-9(11(16)4-2)5-6-10(8)12(13,14)15/h5-7H,3-4H2,1-2H3. The zero-order valence-corrected chi connectivity index (χ0v) is 9.19. The third-order valence-electron chi connectivity index (χ3n) is 2.43. The number of hydrogen-bond donors (Lipinski definition) is 0. The third kappa shape index (κ3) is 2.62. The molecule has 0 atom stereocenters. The van der Waals surface area contributed by atoms with Gasteiger partial charge >= 0.3 is 6.18 Å². The van der Waals surface area contributed by atoms with E-state index in [1.165, 1.54) is 12.1 Å². The van der Waals surface area contributed by atoms with Crippen LogP contribution in [-0.2, 0) is 12.6 Å². The van der Waals surface area contributed by atoms with Crippen LogP contribution >= 0.6 is 0 Å². The highest BCUT2D eigenvalue weighted by Crippen LogP contribution is 2.32. The Morgan fingerprint density at radius 3 is 2.31 bits per heavy atom. The average Bonchev–Trinajstić information content (AvgIpc) is 2.25. The van der Waals surface area contributed by atoms with Crippen molar-refractivity contribution in [2.45, 2.75) is 32.9 Å². The second kappa shape index (κ2) is 4.68. The molecule has 0 saturated heterocycles. The van der Waals surface area contributed by atoms with E-state index in [1.54, 1.807) is 13.8 Å². The molecule has 16 heavy (non-hydrogen) atoms. The molecule has 0 aliphatic carbocycles. The molecule has 0 radical (unpaired) electrons. The summed E-state index contributed by atoms with van der Waals surface area (Å²) in [6.45, 7) is 3.33. The molecular weight excluding hydrogens is 217 g/mol. The number of hydrogen-bond acceptors (Lipinski definition) is 1. The van der Waals surface area contributed by atoms with Crippen LogP contribution in [0.25, 0.3) is 0 Å². The first-order valence-electron chi connectivity index (χ1n) is 5.13. The fraction of sp³-hybridized carbons (Fsp3) is 0.417. The Bertz CT molecular complexity index is 394. The van der Waals surface area contributed by atoms with Gasteiger partial charge in [0.05, 0.1) is 5.56 Å². The Morgan fingerprint density at radius 2 is 1.88 bits per heavy atom. The number of halogens is 3. The molecule has 0 aliphatic rings. The maximum Gasteiger partial charge on any atom is 0.416 e. The van der Waals surface area contributed by atoms with Gasteiger partial charge in [-0.15, -0.1) is 0 Å². The average molecular weight is 230 g/mol. The number of alkyl halides is 3. The van der Waals surface area contributed by atoms with Crippen LogP contribution in [0.5, 0.6) is 0 Å². The predicted octanol–water partition coefficient (Wildman–Crippen LogP) is 3.86. The van der Waals surface area contributed by atoms with E-state index in [2.05, 4.69) is 0 Å². The molecule has 0 spiro atoms. The van der Waals surface area contributed by atoms with Crippen LogP contribution in [0.2, 0.25) is 0 Å². The Morgan fingerprint density at radius 1 is 1.25 bits per heavy atom. The van der Waals surface area contributed by atoms with Gasteiger partial charge in [0.15, 0.2) is 5.78 Å². The van der Waals surface area contributed by atoms with E-state index >= 15 is 0 Å². The fourth-order valence-corrected chi connectivity index (χ4v) is 1.54. The predicted molar refractivity (Wildman–Crippen MR) is 55.4 cm³/mol.